The molecule has 3 heterocycles. The molecule has 40 heavy (non-hydrogen) atoms. The van der Waals surface area contributed by atoms with Crippen molar-refractivity contribution in [2.75, 3.05) is 11.9 Å². The molecule has 0 bridgehead atoms. The van der Waals surface area contributed by atoms with Crippen LogP contribution in [-0.2, 0) is 6.42 Å². The van der Waals surface area contributed by atoms with E-state index in [1.807, 2.05) is 58.8 Å². The molecule has 4 N–H and O–H groups in total. The number of thiazole rings is 1. The lowest BCUT2D eigenvalue weighted by Crippen LogP contribution is -2.41. The Morgan fingerprint density at radius 3 is 2.33 bits per heavy atom. The maximum Gasteiger partial charge on any atom is 0.229 e. The Labute approximate surface area is 241 Å². The largest absolute Gasteiger partial charge is 0.370 e. The highest BCUT2D eigenvalue weighted by Gasteiger charge is 2.27. The molecule has 11 heteroatoms. The number of hydrogen-bond donors (Lipinski definition) is 3. The van der Waals surface area contributed by atoms with Crippen LogP contribution in [0.4, 0.5) is 15.2 Å². The molecule has 0 aliphatic carbocycles. The number of benzene rings is 3. The van der Waals surface area contributed by atoms with Crippen LogP contribution in [0.25, 0.3) is 33.8 Å². The fourth-order valence-corrected chi connectivity index (χ4v) is 5.53. The van der Waals surface area contributed by atoms with Crippen molar-refractivity contribution in [1.29, 1.82) is 5.41 Å². The highest BCUT2D eigenvalue weighted by Crippen LogP contribution is 2.30. The number of hydrogen-bond acceptors (Lipinski definition) is 7. The number of nitrogens with zero attached hydrogens (tertiary/aromatic N) is 4. The molecule has 0 saturated carbocycles. The van der Waals surface area contributed by atoms with E-state index in [4.69, 9.17) is 20.7 Å². The number of guanidine groups is 1. The van der Waals surface area contributed by atoms with Gasteiger partial charge in [0.25, 0.3) is 0 Å². The van der Waals surface area contributed by atoms with Crippen molar-refractivity contribution in [1.82, 2.24) is 20.0 Å². The fraction of sp³-hybridized carbons (Fsp3) is 0.172. The predicted octanol–water partition coefficient (Wildman–Crippen LogP) is 6.73. The van der Waals surface area contributed by atoms with E-state index in [1.165, 1.54) is 23.5 Å². The minimum atomic E-state index is -0.241. The SMILES string of the molecule is Cl.N=C(N)N1CCC[C@H]1Cc1nc(-c2ccc(Nc3nc(-c4ccc(-c5ccc(F)cc5)cc4)cs3)cc2)no1. The van der Waals surface area contributed by atoms with Crippen molar-refractivity contribution < 1.29 is 8.91 Å². The van der Waals surface area contributed by atoms with Crippen LogP contribution in [0.1, 0.15) is 18.7 Å². The molecule has 1 aliphatic heterocycles. The van der Waals surface area contributed by atoms with Gasteiger partial charge in [0.15, 0.2) is 11.1 Å². The fourth-order valence-electron chi connectivity index (χ4n) is 4.79. The van der Waals surface area contributed by atoms with E-state index in [1.54, 1.807) is 12.1 Å². The third-order valence-electron chi connectivity index (χ3n) is 6.82. The second-order valence-corrected chi connectivity index (χ2v) is 10.3. The van der Waals surface area contributed by atoms with Crippen molar-refractivity contribution in [3.8, 4) is 33.8 Å². The summed E-state index contributed by atoms with van der Waals surface area (Å²) in [5.74, 6) is 0.928. The van der Waals surface area contributed by atoms with E-state index in [0.29, 0.717) is 18.1 Å². The quantitative estimate of drug-likeness (QED) is 0.145. The Bertz CT molecular complexity index is 1590. The molecule has 5 aromatic rings. The highest BCUT2D eigenvalue weighted by atomic mass is 35.5. The molecule has 6 rings (SSSR count). The van der Waals surface area contributed by atoms with Crippen LogP contribution in [0.5, 0.6) is 0 Å². The van der Waals surface area contributed by atoms with Gasteiger partial charge in [-0.25, -0.2) is 9.37 Å². The lowest BCUT2D eigenvalue weighted by Gasteiger charge is -2.23. The summed E-state index contributed by atoms with van der Waals surface area (Å²) >= 11 is 1.53. The van der Waals surface area contributed by atoms with Crippen LogP contribution in [0.3, 0.4) is 0 Å². The van der Waals surface area contributed by atoms with Crippen molar-refractivity contribution in [3.63, 3.8) is 0 Å². The molecule has 204 valence electrons. The first kappa shape index (κ1) is 27.3. The van der Waals surface area contributed by atoms with Gasteiger partial charge >= 0.3 is 0 Å². The van der Waals surface area contributed by atoms with Gasteiger partial charge in [0, 0.05) is 41.2 Å². The molecule has 0 unspecified atom stereocenters. The molecule has 8 nitrogen and oxygen atoms in total. The molecule has 3 aromatic carbocycles. The molecule has 0 amide bonds. The maximum atomic E-state index is 13.2. The molecular formula is C29H27ClFN7OS. The summed E-state index contributed by atoms with van der Waals surface area (Å²) in [5, 5.41) is 18.0. The van der Waals surface area contributed by atoms with E-state index < -0.39 is 0 Å². The van der Waals surface area contributed by atoms with E-state index in [-0.39, 0.29) is 30.2 Å². The van der Waals surface area contributed by atoms with Crippen LogP contribution < -0.4 is 11.1 Å². The number of nitrogens with one attached hydrogen (secondary N) is 2. The standard InChI is InChI=1S/C29H26FN7OS.ClH/c30-22-11-7-19(8-12-22)18-3-5-20(6-4-18)25-17-39-29(34-25)33-23-13-9-21(10-14-23)27-35-26(38-36-27)16-24-2-1-15-37(24)28(31)32;/h3-14,17,24H,1-2,15-16H2,(H3,31,32)(H,33,34);1H/t24-;/m0./s1. The number of anilines is 2. The minimum absolute atomic E-state index is 0. The number of rotatable bonds is 7. The van der Waals surface area contributed by atoms with Gasteiger partial charge in [-0.05, 0) is 60.4 Å². The molecule has 0 spiro atoms. The van der Waals surface area contributed by atoms with Gasteiger partial charge in [-0.3, -0.25) is 5.41 Å². The topological polar surface area (TPSA) is 117 Å². The Hall–Kier alpha value is -4.28. The summed E-state index contributed by atoms with van der Waals surface area (Å²) < 4.78 is 18.7. The third-order valence-corrected chi connectivity index (χ3v) is 7.58. The molecule has 1 saturated heterocycles. The second-order valence-electron chi connectivity index (χ2n) is 9.42. The average molecular weight is 576 g/mol. The first-order valence-corrected chi connectivity index (χ1v) is 13.5. The van der Waals surface area contributed by atoms with Crippen molar-refractivity contribution in [3.05, 3.63) is 89.9 Å². The van der Waals surface area contributed by atoms with Gasteiger partial charge in [-0.15, -0.1) is 23.7 Å². The van der Waals surface area contributed by atoms with Gasteiger partial charge in [0.05, 0.1) is 5.69 Å². The van der Waals surface area contributed by atoms with Crippen LogP contribution in [0.15, 0.2) is 82.7 Å². The first-order chi connectivity index (χ1) is 19.0. The van der Waals surface area contributed by atoms with Gasteiger partial charge in [0.1, 0.15) is 5.82 Å². The van der Waals surface area contributed by atoms with Gasteiger partial charge in [-0.1, -0.05) is 41.6 Å². The predicted molar refractivity (Wildman–Crippen MR) is 159 cm³/mol. The first-order valence-electron chi connectivity index (χ1n) is 12.6. The summed E-state index contributed by atoms with van der Waals surface area (Å²) in [4.78, 5) is 11.2. The Balaban J connectivity index is 0.00000323. The Kier molecular flexibility index (Phi) is 8.09. The zero-order valence-electron chi connectivity index (χ0n) is 21.4. The molecule has 1 fully saturated rings. The molecule has 0 radical (unpaired) electrons. The van der Waals surface area contributed by atoms with Crippen molar-refractivity contribution in [2.24, 2.45) is 5.73 Å². The lowest BCUT2D eigenvalue weighted by molar-refractivity contribution is 0.320. The minimum Gasteiger partial charge on any atom is -0.370 e. The van der Waals surface area contributed by atoms with Crippen molar-refractivity contribution >= 4 is 40.5 Å². The highest BCUT2D eigenvalue weighted by molar-refractivity contribution is 7.14. The van der Waals surface area contributed by atoms with E-state index in [2.05, 4.69) is 15.5 Å². The van der Waals surface area contributed by atoms with Gasteiger partial charge < -0.3 is 20.5 Å². The van der Waals surface area contributed by atoms with Crippen LogP contribution in [0, 0.1) is 11.2 Å². The number of aromatic nitrogens is 3. The number of likely N-dealkylation sites (tertiary alicyclic amines) is 1. The Morgan fingerprint density at radius 1 is 0.975 bits per heavy atom. The summed E-state index contributed by atoms with van der Waals surface area (Å²) in [6, 6.07) is 22.5. The molecule has 2 aromatic heterocycles. The average Bonchev–Trinajstić information content (AvgIpc) is 3.72. The van der Waals surface area contributed by atoms with Crippen LogP contribution >= 0.6 is 23.7 Å². The monoisotopic (exact) mass is 575 g/mol. The van der Waals surface area contributed by atoms with Gasteiger partial charge in [0.2, 0.25) is 11.7 Å². The molecule has 1 aliphatic rings. The maximum absolute atomic E-state index is 13.2. The second kappa shape index (κ2) is 11.8. The van der Waals surface area contributed by atoms with E-state index in [0.717, 1.165) is 58.2 Å². The van der Waals surface area contributed by atoms with Gasteiger partial charge in [-0.2, -0.15) is 4.98 Å². The zero-order valence-corrected chi connectivity index (χ0v) is 23.0. The normalized spacial score (nSPS) is 14.6. The van der Waals surface area contributed by atoms with Crippen LogP contribution in [0.2, 0.25) is 0 Å². The molecular weight excluding hydrogens is 549 g/mol. The van der Waals surface area contributed by atoms with Crippen LogP contribution in [-0.4, -0.2) is 38.6 Å². The smallest absolute Gasteiger partial charge is 0.229 e. The summed E-state index contributed by atoms with van der Waals surface area (Å²) in [6.07, 6.45) is 2.54. The third kappa shape index (κ3) is 5.98. The zero-order chi connectivity index (χ0) is 26.8. The summed E-state index contributed by atoms with van der Waals surface area (Å²) in [6.45, 7) is 0.792. The van der Waals surface area contributed by atoms with E-state index >= 15 is 0 Å². The Morgan fingerprint density at radius 2 is 1.62 bits per heavy atom. The lowest BCUT2D eigenvalue weighted by atomic mass is 10.0. The summed E-state index contributed by atoms with van der Waals surface area (Å²) in [7, 11) is 0. The molecule has 1 atom stereocenters. The summed E-state index contributed by atoms with van der Waals surface area (Å²) in [5.41, 5.74) is 11.3. The number of nitrogens with two attached hydrogens (primary N) is 1. The van der Waals surface area contributed by atoms with Crippen molar-refractivity contribution in [2.45, 2.75) is 25.3 Å². The van der Waals surface area contributed by atoms with E-state index in [9.17, 15) is 4.39 Å². The number of halogens is 2.